The predicted molar refractivity (Wildman–Crippen MR) is 144 cm³/mol. The normalized spacial score (nSPS) is 20.4. The van der Waals surface area contributed by atoms with Gasteiger partial charge in [-0.05, 0) is 45.0 Å². The molecule has 2 aliphatic rings. The minimum Gasteiger partial charge on any atom is -0.496 e. The second-order valence-corrected chi connectivity index (χ2v) is 9.04. The molecule has 0 bridgehead atoms. The van der Waals surface area contributed by atoms with Crippen molar-refractivity contribution in [3.05, 3.63) is 29.8 Å². The molecule has 2 saturated heterocycles. The molecule has 0 radical (unpaired) electrons. The maximum Gasteiger partial charge on any atom is 0.191 e. The van der Waals surface area contributed by atoms with Crippen LogP contribution in [0.1, 0.15) is 31.4 Å². The Morgan fingerprint density at radius 1 is 1.03 bits per heavy atom. The fourth-order valence-corrected chi connectivity index (χ4v) is 4.65. The van der Waals surface area contributed by atoms with Crippen molar-refractivity contribution in [1.82, 2.24) is 25.3 Å². The number of likely N-dealkylation sites (tertiary alicyclic amines) is 1. The lowest BCUT2D eigenvalue weighted by molar-refractivity contribution is 0.139. The summed E-state index contributed by atoms with van der Waals surface area (Å²) >= 11 is 0. The summed E-state index contributed by atoms with van der Waals surface area (Å²) in [6.07, 6.45) is 2.53. The number of halogens is 1. The summed E-state index contributed by atoms with van der Waals surface area (Å²) in [5.41, 5.74) is 1.25. The number of guanidine groups is 1. The average Bonchev–Trinajstić information content (AvgIpc) is 3.32. The van der Waals surface area contributed by atoms with Gasteiger partial charge in [-0.15, -0.1) is 24.0 Å². The number of benzene rings is 1. The molecule has 0 amide bonds. The smallest absolute Gasteiger partial charge is 0.191 e. The minimum absolute atomic E-state index is 0. The van der Waals surface area contributed by atoms with Crippen LogP contribution in [0.3, 0.4) is 0 Å². The van der Waals surface area contributed by atoms with Crippen molar-refractivity contribution in [2.45, 2.75) is 25.8 Å². The van der Waals surface area contributed by atoms with Gasteiger partial charge in [0.2, 0.25) is 0 Å². The molecule has 2 unspecified atom stereocenters. The van der Waals surface area contributed by atoms with Gasteiger partial charge in [-0.25, -0.2) is 0 Å². The molecule has 2 atom stereocenters. The molecule has 0 aliphatic carbocycles. The molecule has 7 nitrogen and oxygen atoms in total. The first-order chi connectivity index (χ1) is 15.1. The summed E-state index contributed by atoms with van der Waals surface area (Å²) in [4.78, 5) is 12.0. The van der Waals surface area contributed by atoms with Gasteiger partial charge < -0.3 is 25.2 Å². The van der Waals surface area contributed by atoms with E-state index in [1.54, 1.807) is 7.11 Å². The summed E-state index contributed by atoms with van der Waals surface area (Å²) in [6, 6.07) is 8.68. The Kier molecular flexibility index (Phi) is 12.1. The zero-order valence-corrected chi connectivity index (χ0v) is 22.7. The lowest BCUT2D eigenvalue weighted by Crippen LogP contribution is -2.48. The zero-order chi connectivity index (χ0) is 22.1. The molecular formula is C24H43IN6O. The Labute approximate surface area is 212 Å². The number of piperazine rings is 1. The highest BCUT2D eigenvalue weighted by atomic mass is 127. The molecule has 2 N–H and O–H groups in total. The fourth-order valence-electron chi connectivity index (χ4n) is 4.65. The van der Waals surface area contributed by atoms with E-state index in [4.69, 9.17) is 4.74 Å². The molecule has 2 aliphatic heterocycles. The molecule has 182 valence electrons. The van der Waals surface area contributed by atoms with Crippen LogP contribution in [-0.4, -0.2) is 101 Å². The van der Waals surface area contributed by atoms with Gasteiger partial charge in [0.15, 0.2) is 5.96 Å². The number of hydrogen-bond acceptors (Lipinski definition) is 5. The van der Waals surface area contributed by atoms with E-state index in [1.807, 2.05) is 13.1 Å². The van der Waals surface area contributed by atoms with Crippen molar-refractivity contribution in [3.63, 3.8) is 0 Å². The molecular weight excluding hydrogens is 515 g/mol. The van der Waals surface area contributed by atoms with Gasteiger partial charge in [0.25, 0.3) is 0 Å². The summed E-state index contributed by atoms with van der Waals surface area (Å²) < 4.78 is 5.67. The Morgan fingerprint density at radius 2 is 1.69 bits per heavy atom. The van der Waals surface area contributed by atoms with Gasteiger partial charge in [0.1, 0.15) is 5.75 Å². The third-order valence-electron chi connectivity index (χ3n) is 6.55. The fraction of sp³-hybridized carbons (Fsp3) is 0.708. The number of nitrogens with zero attached hydrogens (tertiary/aromatic N) is 4. The van der Waals surface area contributed by atoms with Gasteiger partial charge in [-0.1, -0.05) is 25.1 Å². The van der Waals surface area contributed by atoms with Crippen molar-refractivity contribution in [2.75, 3.05) is 80.1 Å². The Morgan fingerprint density at radius 3 is 2.34 bits per heavy atom. The number of ether oxygens (including phenoxy) is 1. The van der Waals surface area contributed by atoms with Crippen molar-refractivity contribution in [3.8, 4) is 5.75 Å². The third kappa shape index (κ3) is 8.04. The Hall–Kier alpha value is -1.10. The molecule has 0 aromatic heterocycles. The SMILES string of the molecule is CN=C(NCC(C)CN1CCN(C)CC1)NCC(c1ccccc1OC)N1CCCC1.I. The number of aliphatic imine (C=N–C) groups is 1. The van der Waals surface area contributed by atoms with E-state index in [0.29, 0.717) is 5.92 Å². The lowest BCUT2D eigenvalue weighted by Gasteiger charge is -2.34. The molecule has 32 heavy (non-hydrogen) atoms. The van der Waals surface area contributed by atoms with Crippen LogP contribution in [0.5, 0.6) is 5.75 Å². The van der Waals surface area contributed by atoms with E-state index in [9.17, 15) is 0 Å². The van der Waals surface area contributed by atoms with Crippen LogP contribution < -0.4 is 15.4 Å². The van der Waals surface area contributed by atoms with Crippen molar-refractivity contribution < 1.29 is 4.74 Å². The van der Waals surface area contributed by atoms with Crippen LogP contribution in [-0.2, 0) is 0 Å². The maximum absolute atomic E-state index is 5.67. The zero-order valence-electron chi connectivity index (χ0n) is 20.3. The molecule has 0 spiro atoms. The largest absolute Gasteiger partial charge is 0.496 e. The monoisotopic (exact) mass is 558 g/mol. The summed E-state index contributed by atoms with van der Waals surface area (Å²) in [7, 11) is 5.82. The van der Waals surface area contributed by atoms with Crippen LogP contribution in [0.15, 0.2) is 29.3 Å². The molecule has 0 saturated carbocycles. The first-order valence-electron chi connectivity index (χ1n) is 11.8. The Bertz CT molecular complexity index is 689. The standard InChI is InChI=1S/C24H42N6O.HI/c1-20(19-29-15-13-28(3)14-16-29)17-26-24(25-2)27-18-22(30-11-7-8-12-30)21-9-5-6-10-23(21)31-4;/h5-6,9-10,20,22H,7-8,11-19H2,1-4H3,(H2,25,26,27);1H. The molecule has 3 rings (SSSR count). The highest BCUT2D eigenvalue weighted by Crippen LogP contribution is 2.31. The van der Waals surface area contributed by atoms with Crippen LogP contribution in [0.2, 0.25) is 0 Å². The van der Waals surface area contributed by atoms with Gasteiger partial charge in [-0.2, -0.15) is 0 Å². The van der Waals surface area contributed by atoms with Gasteiger partial charge in [0, 0.05) is 58.4 Å². The summed E-state index contributed by atoms with van der Waals surface area (Å²) in [5.74, 6) is 2.42. The molecule has 1 aromatic rings. The molecule has 8 heteroatoms. The van der Waals surface area contributed by atoms with E-state index in [-0.39, 0.29) is 30.0 Å². The van der Waals surface area contributed by atoms with E-state index in [1.165, 1.54) is 44.6 Å². The predicted octanol–water partition coefficient (Wildman–Crippen LogP) is 2.50. The van der Waals surface area contributed by atoms with E-state index >= 15 is 0 Å². The first-order valence-corrected chi connectivity index (χ1v) is 11.8. The highest BCUT2D eigenvalue weighted by molar-refractivity contribution is 14.0. The number of likely N-dealkylation sites (N-methyl/N-ethyl adjacent to an activating group) is 1. The number of methoxy groups -OCH3 is 1. The third-order valence-corrected chi connectivity index (χ3v) is 6.55. The number of nitrogens with one attached hydrogen (secondary N) is 2. The van der Waals surface area contributed by atoms with Crippen LogP contribution in [0.25, 0.3) is 0 Å². The number of para-hydroxylation sites is 1. The minimum atomic E-state index is 0. The van der Waals surface area contributed by atoms with Crippen LogP contribution in [0.4, 0.5) is 0 Å². The topological polar surface area (TPSA) is 55.4 Å². The summed E-state index contributed by atoms with van der Waals surface area (Å²) in [6.45, 7) is 12.2. The first kappa shape index (κ1) is 27.1. The number of hydrogen-bond donors (Lipinski definition) is 2. The van der Waals surface area contributed by atoms with Crippen LogP contribution in [0, 0.1) is 5.92 Å². The van der Waals surface area contributed by atoms with Crippen molar-refractivity contribution in [1.29, 1.82) is 0 Å². The second kappa shape index (κ2) is 14.2. The van der Waals surface area contributed by atoms with Crippen LogP contribution >= 0.6 is 24.0 Å². The average molecular weight is 559 g/mol. The molecule has 2 fully saturated rings. The van der Waals surface area contributed by atoms with Gasteiger partial charge >= 0.3 is 0 Å². The highest BCUT2D eigenvalue weighted by Gasteiger charge is 2.26. The maximum atomic E-state index is 5.67. The number of rotatable bonds is 9. The van der Waals surface area contributed by atoms with Gasteiger partial charge in [0.05, 0.1) is 13.2 Å². The van der Waals surface area contributed by atoms with E-state index in [2.05, 4.69) is 62.5 Å². The molecule has 1 aromatic carbocycles. The van der Waals surface area contributed by atoms with E-state index < -0.39 is 0 Å². The lowest BCUT2D eigenvalue weighted by atomic mass is 10.0. The van der Waals surface area contributed by atoms with Crippen molar-refractivity contribution in [2.24, 2.45) is 10.9 Å². The quantitative estimate of drug-likeness (QED) is 0.276. The summed E-state index contributed by atoms with van der Waals surface area (Å²) in [5, 5.41) is 7.13. The van der Waals surface area contributed by atoms with Crippen molar-refractivity contribution >= 4 is 29.9 Å². The molecule has 2 heterocycles. The Balaban J connectivity index is 0.00000363. The second-order valence-electron chi connectivity index (χ2n) is 9.04. The van der Waals surface area contributed by atoms with Gasteiger partial charge in [-0.3, -0.25) is 9.89 Å². The van der Waals surface area contributed by atoms with E-state index in [0.717, 1.165) is 44.4 Å².